The number of allylic oxidation sites excluding steroid dienone is 2. The minimum atomic E-state index is -4.42. The van der Waals surface area contributed by atoms with E-state index >= 15 is 0 Å². The maximum atomic E-state index is 13.1. The summed E-state index contributed by atoms with van der Waals surface area (Å²) in [4.78, 5) is 20.2. The van der Waals surface area contributed by atoms with Gasteiger partial charge in [-0.25, -0.2) is 4.98 Å². The standard InChI is InChI=1S/C23H11F3N3.C13H24O2.Ir/c24-23(25,26)13-8-9-17-19(10-13)27-12-28-21(17)18-11-29-20-7-2-1-4-14(20)15-5-3-6-16(18)22(15)29;1-5-10(6-2)12(14)9-13(15)11(7-3)8-4;/h1-10,12H;9-11,14H,5-8H2,1-4H3;/q-1;;/b;12-9-;. The molecule has 0 saturated heterocycles. The maximum absolute atomic E-state index is 13.1. The molecule has 237 valence electrons. The van der Waals surface area contributed by atoms with Crippen molar-refractivity contribution in [2.24, 2.45) is 11.8 Å². The normalized spacial score (nSPS) is 12.3. The quantitative estimate of drug-likeness (QED) is 0.0948. The third-order valence-corrected chi connectivity index (χ3v) is 8.47. The Morgan fingerprint density at radius 3 is 2.18 bits per heavy atom. The zero-order chi connectivity index (χ0) is 31.6. The van der Waals surface area contributed by atoms with Gasteiger partial charge in [0, 0.05) is 43.7 Å². The molecule has 3 aromatic carbocycles. The fraction of sp³-hybridized carbons (Fsp3) is 0.306. The minimum Gasteiger partial charge on any atom is -0.512 e. The molecule has 0 aliphatic heterocycles. The fourth-order valence-electron chi connectivity index (χ4n) is 5.90. The van der Waals surface area contributed by atoms with Crippen LogP contribution in [0.25, 0.3) is 49.4 Å². The number of benzene rings is 3. The Bertz CT molecular complexity index is 1960. The summed E-state index contributed by atoms with van der Waals surface area (Å²) >= 11 is 0. The van der Waals surface area contributed by atoms with E-state index in [1.807, 2.05) is 62.4 Å². The maximum Gasteiger partial charge on any atom is 0.416 e. The number of alkyl halides is 3. The number of fused-ring (bicyclic) bond motifs is 4. The van der Waals surface area contributed by atoms with Crippen molar-refractivity contribution < 1.29 is 43.2 Å². The third kappa shape index (κ3) is 6.61. The van der Waals surface area contributed by atoms with E-state index < -0.39 is 11.7 Å². The molecule has 0 fully saturated rings. The third-order valence-electron chi connectivity index (χ3n) is 8.47. The Labute approximate surface area is 273 Å². The van der Waals surface area contributed by atoms with Crippen LogP contribution in [0, 0.1) is 18.0 Å². The Hall–Kier alpha value is -3.81. The van der Waals surface area contributed by atoms with Gasteiger partial charge in [0.25, 0.3) is 0 Å². The monoisotopic (exact) mass is 791 g/mol. The van der Waals surface area contributed by atoms with Gasteiger partial charge < -0.3 is 9.51 Å². The van der Waals surface area contributed by atoms with Crippen molar-refractivity contribution in [3.05, 3.63) is 90.6 Å². The van der Waals surface area contributed by atoms with Crippen LogP contribution in [0.15, 0.2) is 78.8 Å². The van der Waals surface area contributed by atoms with Gasteiger partial charge in [-0.15, -0.1) is 0 Å². The van der Waals surface area contributed by atoms with Crippen LogP contribution in [0.2, 0.25) is 0 Å². The average molecular weight is 791 g/mol. The first kappa shape index (κ1) is 34.1. The van der Waals surface area contributed by atoms with Crippen LogP contribution in [0.1, 0.15) is 58.9 Å². The van der Waals surface area contributed by atoms with Crippen molar-refractivity contribution in [2.45, 2.75) is 59.6 Å². The molecule has 0 unspecified atom stereocenters. The number of rotatable bonds is 8. The van der Waals surface area contributed by atoms with Crippen LogP contribution in [0.5, 0.6) is 0 Å². The van der Waals surface area contributed by atoms with Crippen LogP contribution in [0.3, 0.4) is 0 Å². The molecule has 0 aliphatic rings. The van der Waals surface area contributed by atoms with Crippen molar-refractivity contribution in [2.75, 3.05) is 0 Å². The van der Waals surface area contributed by atoms with Crippen LogP contribution in [-0.2, 0) is 31.1 Å². The molecule has 0 aliphatic carbocycles. The van der Waals surface area contributed by atoms with Gasteiger partial charge in [0.1, 0.15) is 6.33 Å². The first-order chi connectivity index (χ1) is 21.1. The second-order valence-corrected chi connectivity index (χ2v) is 11.0. The Morgan fingerprint density at radius 2 is 1.51 bits per heavy atom. The number of aliphatic hydroxyl groups excluding tert-OH is 1. The van der Waals surface area contributed by atoms with Gasteiger partial charge in [0.15, 0.2) is 5.78 Å². The number of carbonyl (C=O) groups is 1. The molecule has 5 nitrogen and oxygen atoms in total. The van der Waals surface area contributed by atoms with Crippen LogP contribution < -0.4 is 0 Å². The van der Waals surface area contributed by atoms with Gasteiger partial charge >= 0.3 is 6.18 Å². The van der Waals surface area contributed by atoms with E-state index in [2.05, 4.69) is 28.3 Å². The first-order valence-electron chi connectivity index (χ1n) is 15.1. The second kappa shape index (κ2) is 14.1. The van der Waals surface area contributed by atoms with E-state index in [0.717, 1.165) is 70.6 Å². The number of hydrogen-bond donors (Lipinski definition) is 1. The number of ketones is 1. The summed E-state index contributed by atoms with van der Waals surface area (Å²) in [6.07, 6.45) is 5.20. The number of aromatic nitrogens is 3. The molecule has 0 amide bonds. The van der Waals surface area contributed by atoms with Gasteiger partial charge in [0.05, 0.1) is 16.8 Å². The molecule has 1 N–H and O–H groups in total. The summed E-state index contributed by atoms with van der Waals surface area (Å²) < 4.78 is 41.3. The Morgan fingerprint density at radius 1 is 0.867 bits per heavy atom. The molecule has 0 saturated carbocycles. The molecule has 0 spiro atoms. The Kier molecular flexibility index (Phi) is 10.7. The molecule has 3 aromatic heterocycles. The second-order valence-electron chi connectivity index (χ2n) is 11.0. The smallest absolute Gasteiger partial charge is 0.416 e. The van der Waals surface area contributed by atoms with Crippen molar-refractivity contribution in [1.29, 1.82) is 0 Å². The summed E-state index contributed by atoms with van der Waals surface area (Å²) in [5, 5.41) is 13.5. The van der Waals surface area contributed by atoms with Crippen molar-refractivity contribution in [3.8, 4) is 11.3 Å². The van der Waals surface area contributed by atoms with E-state index in [0.29, 0.717) is 11.1 Å². The molecule has 6 aromatic rings. The topological polar surface area (TPSA) is 67.5 Å². The molecule has 45 heavy (non-hydrogen) atoms. The summed E-state index contributed by atoms with van der Waals surface area (Å²) in [7, 11) is 0. The van der Waals surface area contributed by atoms with Gasteiger partial charge in [0.2, 0.25) is 0 Å². The predicted octanol–water partition coefficient (Wildman–Crippen LogP) is 9.98. The first-order valence-corrected chi connectivity index (χ1v) is 15.1. The molecule has 9 heteroatoms. The molecule has 6 rings (SSSR count). The van der Waals surface area contributed by atoms with Crippen molar-refractivity contribution in [1.82, 2.24) is 14.4 Å². The summed E-state index contributed by atoms with van der Waals surface area (Å²) in [5.41, 5.74) is 2.92. The molecule has 0 bridgehead atoms. The molecular weight excluding hydrogens is 756 g/mol. The molecular formula is C36H35F3IrN3O2-. The van der Waals surface area contributed by atoms with E-state index in [4.69, 9.17) is 0 Å². The molecule has 1 radical (unpaired) electrons. The van der Waals surface area contributed by atoms with Gasteiger partial charge in [-0.3, -0.25) is 9.78 Å². The predicted molar refractivity (Wildman–Crippen MR) is 170 cm³/mol. The van der Waals surface area contributed by atoms with Crippen molar-refractivity contribution >= 4 is 43.9 Å². The largest absolute Gasteiger partial charge is 0.512 e. The van der Waals surface area contributed by atoms with E-state index in [-0.39, 0.29) is 49.0 Å². The number of aliphatic hydroxyl groups is 1. The molecule has 3 heterocycles. The van der Waals surface area contributed by atoms with Crippen LogP contribution in [-0.4, -0.2) is 25.3 Å². The van der Waals surface area contributed by atoms with E-state index in [1.165, 1.54) is 18.5 Å². The summed E-state index contributed by atoms with van der Waals surface area (Å²) in [5.74, 6) is 0.547. The van der Waals surface area contributed by atoms with Crippen LogP contribution >= 0.6 is 0 Å². The van der Waals surface area contributed by atoms with E-state index in [9.17, 15) is 23.1 Å². The van der Waals surface area contributed by atoms with Gasteiger partial charge in [-0.2, -0.15) is 13.2 Å². The summed E-state index contributed by atoms with van der Waals surface area (Å²) in [6.45, 7) is 8.07. The minimum absolute atomic E-state index is 0. The Balaban J connectivity index is 0.000000249. The number of nitrogens with zero attached hydrogens (tertiary/aromatic N) is 3. The zero-order valence-corrected chi connectivity index (χ0v) is 28.0. The number of para-hydroxylation sites is 2. The number of carbonyl (C=O) groups excluding carboxylic acids is 1. The van der Waals surface area contributed by atoms with Gasteiger partial charge in [-0.1, -0.05) is 87.2 Å². The fourth-order valence-corrected chi connectivity index (χ4v) is 5.90. The molecule has 0 atom stereocenters. The van der Waals surface area contributed by atoms with E-state index in [1.54, 1.807) is 0 Å². The zero-order valence-electron chi connectivity index (χ0n) is 25.6. The van der Waals surface area contributed by atoms with Crippen LogP contribution in [0.4, 0.5) is 13.2 Å². The van der Waals surface area contributed by atoms with Crippen molar-refractivity contribution in [3.63, 3.8) is 0 Å². The SMILES string of the molecule is CCC(CC)C(=O)/C=C(\O)C(CC)CC.FC(F)(F)c1ccc2c(-c3[c-]n4c5ccccc5c5cccc3c54)ncnc2c1.[Ir]. The summed E-state index contributed by atoms with van der Waals surface area (Å²) in [6, 6.07) is 17.7. The van der Waals surface area contributed by atoms with Gasteiger partial charge in [-0.05, 0) is 71.2 Å². The average Bonchev–Trinajstić information content (AvgIpc) is 3.56. The number of hydrogen-bond acceptors (Lipinski definition) is 4. The number of halogens is 3.